The van der Waals surface area contributed by atoms with Gasteiger partial charge in [-0.1, -0.05) is 35.5 Å². The zero-order valence-corrected chi connectivity index (χ0v) is 33.5. The fourth-order valence-electron chi connectivity index (χ4n) is 8.88. The molecule has 0 aromatic heterocycles. The van der Waals surface area contributed by atoms with Gasteiger partial charge in [-0.2, -0.15) is 0 Å². The Morgan fingerprint density at radius 2 is 1.72 bits per heavy atom. The molecule has 1 saturated carbocycles. The first-order chi connectivity index (χ1) is 24.7. The van der Waals surface area contributed by atoms with E-state index >= 15 is 4.79 Å². The zero-order chi connectivity index (χ0) is 38.9. The third-order valence-corrected chi connectivity index (χ3v) is 11.5. The van der Waals surface area contributed by atoms with Crippen molar-refractivity contribution < 1.29 is 42.8 Å². The highest BCUT2D eigenvalue weighted by Gasteiger charge is 2.81. The summed E-state index contributed by atoms with van der Waals surface area (Å²) in [5, 5.41) is 0. The third-order valence-electron chi connectivity index (χ3n) is 11.5. The van der Waals surface area contributed by atoms with Crippen LogP contribution in [0, 0.1) is 11.8 Å². The number of hydrogen-bond acceptors (Lipinski definition) is 9. The summed E-state index contributed by atoms with van der Waals surface area (Å²) in [4.78, 5) is 42.4. The highest BCUT2D eigenvalue weighted by molar-refractivity contribution is 6.19. The SMILES string of the molecule is COC(=O)/C(C)=C\CC12OC(C)(C)C3C[C@H](C=C4C(=O)c5c(OC)c6c(c(C/C=C(\C)COC(C)(C)C)c5O[C@]431)O[C@](C)(CCC=C(C)C)C=C6)C2=O. The predicted octanol–water partition coefficient (Wildman–Crippen LogP) is 8.43. The van der Waals surface area contributed by atoms with Crippen LogP contribution in [-0.4, -0.2) is 66.4 Å². The second-order valence-corrected chi connectivity index (χ2v) is 17.3. The normalized spacial score (nSPS) is 29.4. The second kappa shape index (κ2) is 13.4. The molecule has 1 aromatic carbocycles. The molecule has 0 radical (unpaired) electrons. The van der Waals surface area contributed by atoms with Crippen molar-refractivity contribution in [1.29, 1.82) is 0 Å². The molecule has 3 aliphatic carbocycles. The lowest BCUT2D eigenvalue weighted by Gasteiger charge is -2.56. The van der Waals surface area contributed by atoms with Crippen LogP contribution in [0.15, 0.2) is 52.7 Å². The lowest BCUT2D eigenvalue weighted by molar-refractivity contribution is -0.171. The summed E-state index contributed by atoms with van der Waals surface area (Å²) in [7, 11) is 2.88. The van der Waals surface area contributed by atoms with Gasteiger partial charge < -0.3 is 28.4 Å². The molecule has 2 unspecified atom stereocenters. The van der Waals surface area contributed by atoms with Gasteiger partial charge in [-0.25, -0.2) is 4.79 Å². The first-order valence-corrected chi connectivity index (χ1v) is 18.8. The molecule has 0 N–H and O–H groups in total. The van der Waals surface area contributed by atoms with Gasteiger partial charge in [-0.3, -0.25) is 9.59 Å². The molecule has 1 saturated heterocycles. The van der Waals surface area contributed by atoms with Crippen molar-refractivity contribution in [3.8, 4) is 17.2 Å². The Labute approximate surface area is 314 Å². The van der Waals surface area contributed by atoms with E-state index in [0.717, 1.165) is 18.4 Å². The van der Waals surface area contributed by atoms with Gasteiger partial charge in [-0.05, 0) is 107 Å². The van der Waals surface area contributed by atoms with E-state index in [1.54, 1.807) is 26.2 Å². The van der Waals surface area contributed by atoms with Crippen LogP contribution < -0.4 is 14.2 Å². The van der Waals surface area contributed by atoms with Crippen molar-refractivity contribution in [1.82, 2.24) is 0 Å². The van der Waals surface area contributed by atoms with E-state index in [-0.39, 0.29) is 29.5 Å². The number of hydrogen-bond donors (Lipinski definition) is 0. The maximum absolute atomic E-state index is 15.2. The van der Waals surface area contributed by atoms with Crippen LogP contribution in [0.1, 0.15) is 116 Å². The van der Waals surface area contributed by atoms with E-state index in [9.17, 15) is 9.59 Å². The maximum Gasteiger partial charge on any atom is 0.333 e. The Balaban J connectivity index is 1.58. The molecule has 9 nitrogen and oxygen atoms in total. The predicted molar refractivity (Wildman–Crippen MR) is 204 cm³/mol. The van der Waals surface area contributed by atoms with Gasteiger partial charge in [0.15, 0.2) is 22.8 Å². The summed E-state index contributed by atoms with van der Waals surface area (Å²) in [6, 6.07) is 0. The van der Waals surface area contributed by atoms with Crippen LogP contribution in [-0.2, 0) is 30.2 Å². The molecule has 0 amide bonds. The molecule has 53 heavy (non-hydrogen) atoms. The van der Waals surface area contributed by atoms with E-state index < -0.39 is 34.3 Å². The van der Waals surface area contributed by atoms with Crippen molar-refractivity contribution in [3.05, 3.63) is 69.4 Å². The largest absolute Gasteiger partial charge is 0.495 e. The zero-order valence-electron chi connectivity index (χ0n) is 33.5. The van der Waals surface area contributed by atoms with Crippen LogP contribution in [0.2, 0.25) is 0 Å². The van der Waals surface area contributed by atoms with Crippen molar-refractivity contribution >= 4 is 23.6 Å². The van der Waals surface area contributed by atoms with E-state index in [1.165, 1.54) is 12.7 Å². The molecule has 6 aliphatic rings. The first kappa shape index (κ1) is 38.8. The smallest absolute Gasteiger partial charge is 0.333 e. The summed E-state index contributed by atoms with van der Waals surface area (Å²) < 4.78 is 38.5. The van der Waals surface area contributed by atoms with Crippen molar-refractivity contribution in [2.75, 3.05) is 20.8 Å². The monoisotopic (exact) mass is 728 g/mol. The minimum Gasteiger partial charge on any atom is -0.495 e. The number of fused-ring (bicyclic) bond motifs is 2. The number of allylic oxidation sites excluding steroid dienone is 4. The molecule has 3 heterocycles. The fourth-order valence-corrected chi connectivity index (χ4v) is 8.88. The number of ketones is 2. The topological polar surface area (TPSA) is 107 Å². The minimum absolute atomic E-state index is 0.0331. The summed E-state index contributed by atoms with van der Waals surface area (Å²) >= 11 is 0. The molecular formula is C44H56O9. The Kier molecular flexibility index (Phi) is 9.81. The average Bonchev–Trinajstić information content (AvgIpc) is 3.24. The van der Waals surface area contributed by atoms with Gasteiger partial charge in [0.2, 0.25) is 0 Å². The van der Waals surface area contributed by atoms with Gasteiger partial charge in [0, 0.05) is 35.0 Å². The number of rotatable bonds is 11. The summed E-state index contributed by atoms with van der Waals surface area (Å²) in [5.41, 5.74) is -0.162. The molecule has 7 rings (SSSR count). The quantitative estimate of drug-likeness (QED) is 0.126. The number of methoxy groups -OCH3 is 2. The lowest BCUT2D eigenvalue weighted by Crippen LogP contribution is -2.72. The minimum atomic E-state index is -1.57. The number of carbonyl (C=O) groups is 3. The molecule has 5 atom stereocenters. The Morgan fingerprint density at radius 1 is 1.00 bits per heavy atom. The number of esters is 1. The maximum atomic E-state index is 15.2. The summed E-state index contributed by atoms with van der Waals surface area (Å²) in [6.07, 6.45) is 14.2. The Bertz CT molecular complexity index is 1890. The third kappa shape index (κ3) is 6.31. The Morgan fingerprint density at radius 3 is 2.36 bits per heavy atom. The van der Waals surface area contributed by atoms with E-state index in [0.29, 0.717) is 64.5 Å². The van der Waals surface area contributed by atoms with Gasteiger partial charge in [0.1, 0.15) is 28.4 Å². The highest BCUT2D eigenvalue weighted by atomic mass is 16.6. The Hall–Kier alpha value is -3.95. The van der Waals surface area contributed by atoms with E-state index in [1.807, 2.05) is 53.7 Å². The van der Waals surface area contributed by atoms with Crippen LogP contribution in [0.25, 0.3) is 6.08 Å². The molecule has 1 aromatic rings. The van der Waals surface area contributed by atoms with Gasteiger partial charge >= 0.3 is 5.97 Å². The number of carbonyl (C=O) groups excluding carboxylic acids is 3. The molecule has 1 spiro atoms. The number of Topliss-reactive ketones (excluding diaryl/α,β-unsaturated/α-hetero) is 2. The number of benzene rings is 1. The van der Waals surface area contributed by atoms with Crippen molar-refractivity contribution in [2.45, 2.75) is 129 Å². The van der Waals surface area contributed by atoms with Crippen molar-refractivity contribution in [3.63, 3.8) is 0 Å². The van der Waals surface area contributed by atoms with Gasteiger partial charge in [-0.15, -0.1) is 0 Å². The van der Waals surface area contributed by atoms with Crippen LogP contribution in [0.5, 0.6) is 17.2 Å². The molecule has 2 fully saturated rings. The van der Waals surface area contributed by atoms with Crippen LogP contribution >= 0.6 is 0 Å². The molecule has 9 heteroatoms. The van der Waals surface area contributed by atoms with Crippen LogP contribution in [0.3, 0.4) is 0 Å². The molecule has 3 aliphatic heterocycles. The molecule has 4 bridgehead atoms. The van der Waals surface area contributed by atoms with Gasteiger partial charge in [0.25, 0.3) is 0 Å². The van der Waals surface area contributed by atoms with Crippen molar-refractivity contribution in [2.24, 2.45) is 11.8 Å². The number of ether oxygens (including phenoxy) is 6. The first-order valence-electron chi connectivity index (χ1n) is 18.8. The van der Waals surface area contributed by atoms with Crippen LogP contribution in [0.4, 0.5) is 0 Å². The highest BCUT2D eigenvalue weighted by Crippen LogP contribution is 2.68. The molecule has 286 valence electrons. The second-order valence-electron chi connectivity index (χ2n) is 17.3. The standard InChI is InChI=1S/C44H56O9/c1-25(2)14-13-19-42(10)20-18-30-35(51-42)29(16-15-26(3)24-50-40(5,6)7)37-33(36(30)48-11)34(45)31-22-28-23-32-41(8,9)53-43(38(28)46,44(31,32)52-37)21-17-27(4)39(47)49-12/h14-15,17-18,20,22,28,32H,13,16,19,21,23-24H2,1-12H3/b26-15+,27-17-/t28-,32?,42+,43?,44+/m0/s1. The summed E-state index contributed by atoms with van der Waals surface area (Å²) in [6.45, 7) is 20.3. The average molecular weight is 729 g/mol. The summed E-state index contributed by atoms with van der Waals surface area (Å²) in [5.74, 6) is -0.504. The lowest BCUT2D eigenvalue weighted by atomic mass is 9.51. The van der Waals surface area contributed by atoms with Gasteiger partial charge in [0.05, 0.1) is 37.6 Å². The fraction of sp³-hybridized carbons (Fsp3) is 0.568. The molecular weight excluding hydrogens is 672 g/mol. The van der Waals surface area contributed by atoms with E-state index in [4.69, 9.17) is 28.4 Å². The van der Waals surface area contributed by atoms with E-state index in [2.05, 4.69) is 32.9 Å².